The van der Waals surface area contributed by atoms with Crippen LogP contribution in [0.25, 0.3) is 0 Å². The summed E-state index contributed by atoms with van der Waals surface area (Å²) in [7, 11) is 0. The van der Waals surface area contributed by atoms with Crippen LogP contribution in [-0.4, -0.2) is 41.6 Å². The summed E-state index contributed by atoms with van der Waals surface area (Å²) in [5.74, 6) is 0.699. The maximum atomic E-state index is 9.67. The number of amidine groups is 1. The van der Waals surface area contributed by atoms with E-state index in [2.05, 4.69) is 11.8 Å². The lowest BCUT2D eigenvalue weighted by Crippen LogP contribution is -2.44. The molecule has 2 fully saturated rings. The fourth-order valence-electron chi connectivity index (χ4n) is 2.81. The zero-order valence-corrected chi connectivity index (χ0v) is 10.1. The van der Waals surface area contributed by atoms with Gasteiger partial charge in [-0.25, -0.2) is 0 Å². The molecule has 1 heterocycles. The third-order valence-corrected chi connectivity index (χ3v) is 4.03. The van der Waals surface area contributed by atoms with Gasteiger partial charge in [0.25, 0.3) is 0 Å². The monoisotopic (exact) mass is 225 g/mol. The fraction of sp³-hybridized carbons (Fsp3) is 0.917. The maximum absolute atomic E-state index is 9.67. The van der Waals surface area contributed by atoms with E-state index in [0.717, 1.165) is 32.5 Å². The van der Waals surface area contributed by atoms with Crippen molar-refractivity contribution in [1.29, 1.82) is 5.41 Å². The molecule has 0 aromatic heterocycles. The molecule has 4 nitrogen and oxygen atoms in total. The maximum Gasteiger partial charge on any atom is 0.0911 e. The second-order valence-corrected chi connectivity index (χ2v) is 5.77. The van der Waals surface area contributed by atoms with Gasteiger partial charge in [-0.2, -0.15) is 0 Å². The van der Waals surface area contributed by atoms with Gasteiger partial charge < -0.3 is 15.7 Å². The Labute approximate surface area is 97.3 Å². The molecule has 2 aliphatic rings. The first-order valence-corrected chi connectivity index (χ1v) is 6.24. The predicted octanol–water partition coefficient (Wildman–Crippen LogP) is 0.795. The van der Waals surface area contributed by atoms with Crippen LogP contribution in [0.3, 0.4) is 0 Å². The quantitative estimate of drug-likeness (QED) is 0.489. The Balaban J connectivity index is 1.84. The smallest absolute Gasteiger partial charge is 0.0911 e. The van der Waals surface area contributed by atoms with Crippen molar-refractivity contribution >= 4 is 5.84 Å². The van der Waals surface area contributed by atoms with Gasteiger partial charge in [0.2, 0.25) is 0 Å². The Morgan fingerprint density at radius 3 is 2.75 bits per heavy atom. The average Bonchev–Trinajstić information content (AvgIpc) is 2.90. The second kappa shape index (κ2) is 4.34. The Bertz CT molecular complexity index is 275. The number of hydrogen-bond acceptors (Lipinski definition) is 3. The highest BCUT2D eigenvalue weighted by Crippen LogP contribution is 2.49. The molecule has 0 aromatic rings. The topological polar surface area (TPSA) is 73.3 Å². The number of likely N-dealkylation sites (tertiary alicyclic amines) is 1. The molecular weight excluding hydrogens is 202 g/mol. The molecule has 1 saturated heterocycles. The van der Waals surface area contributed by atoms with Gasteiger partial charge in [-0.15, -0.1) is 0 Å². The molecule has 0 radical (unpaired) electrons. The molecule has 0 spiro atoms. The Morgan fingerprint density at radius 2 is 2.25 bits per heavy atom. The van der Waals surface area contributed by atoms with Gasteiger partial charge in [-0.3, -0.25) is 5.41 Å². The first kappa shape index (κ1) is 11.9. The molecule has 1 aliphatic carbocycles. The Hall–Kier alpha value is -0.610. The average molecular weight is 225 g/mol. The largest absolute Gasteiger partial charge is 0.393 e. The van der Waals surface area contributed by atoms with E-state index in [0.29, 0.717) is 17.2 Å². The van der Waals surface area contributed by atoms with Gasteiger partial charge in [0.15, 0.2) is 0 Å². The van der Waals surface area contributed by atoms with E-state index in [4.69, 9.17) is 11.1 Å². The van der Waals surface area contributed by atoms with Crippen LogP contribution in [0.5, 0.6) is 0 Å². The minimum Gasteiger partial charge on any atom is -0.393 e. The second-order valence-electron chi connectivity index (χ2n) is 5.77. The Kier molecular flexibility index (Phi) is 3.22. The van der Waals surface area contributed by atoms with E-state index < -0.39 is 0 Å². The van der Waals surface area contributed by atoms with E-state index in [1.54, 1.807) is 0 Å². The van der Waals surface area contributed by atoms with Crippen molar-refractivity contribution < 1.29 is 5.11 Å². The van der Waals surface area contributed by atoms with Crippen LogP contribution in [0, 0.1) is 16.7 Å². The molecule has 16 heavy (non-hydrogen) atoms. The number of nitrogens with two attached hydrogens (primary N) is 1. The molecule has 2 rings (SSSR count). The molecule has 2 atom stereocenters. The van der Waals surface area contributed by atoms with Gasteiger partial charge in [-0.1, -0.05) is 6.92 Å². The van der Waals surface area contributed by atoms with E-state index in [-0.39, 0.29) is 6.10 Å². The van der Waals surface area contributed by atoms with Crippen molar-refractivity contribution in [2.75, 3.05) is 19.6 Å². The van der Waals surface area contributed by atoms with Crippen molar-refractivity contribution in [3.63, 3.8) is 0 Å². The van der Waals surface area contributed by atoms with Crippen LogP contribution >= 0.6 is 0 Å². The van der Waals surface area contributed by atoms with Crippen molar-refractivity contribution in [1.82, 2.24) is 4.90 Å². The molecule has 4 heteroatoms. The Morgan fingerprint density at radius 1 is 1.56 bits per heavy atom. The van der Waals surface area contributed by atoms with Crippen molar-refractivity contribution in [2.24, 2.45) is 17.1 Å². The summed E-state index contributed by atoms with van der Waals surface area (Å²) in [4.78, 5) is 2.44. The zero-order chi connectivity index (χ0) is 11.8. The number of aliphatic hydroxyl groups is 1. The summed E-state index contributed by atoms with van der Waals surface area (Å²) in [6, 6.07) is 0. The van der Waals surface area contributed by atoms with Crippen LogP contribution in [0.15, 0.2) is 0 Å². The lowest BCUT2D eigenvalue weighted by atomic mass is 9.94. The molecular formula is C12H23N3O. The third kappa shape index (κ3) is 2.74. The summed E-state index contributed by atoms with van der Waals surface area (Å²) in [5.41, 5.74) is 5.80. The van der Waals surface area contributed by atoms with Crippen molar-refractivity contribution in [2.45, 2.75) is 38.7 Å². The summed E-state index contributed by atoms with van der Waals surface area (Å²) < 4.78 is 0. The van der Waals surface area contributed by atoms with E-state index in [9.17, 15) is 5.11 Å². The molecule has 4 N–H and O–H groups in total. The lowest BCUT2D eigenvalue weighted by molar-refractivity contribution is 0.0276. The normalized spacial score (nSPS) is 33.6. The number of nitrogens with one attached hydrogen (secondary N) is 1. The van der Waals surface area contributed by atoms with Gasteiger partial charge in [-0.05, 0) is 30.6 Å². The number of aliphatic hydroxyl groups excluding tert-OH is 1. The minimum absolute atomic E-state index is 0.126. The molecule has 1 saturated carbocycles. The molecule has 0 amide bonds. The highest BCUT2D eigenvalue weighted by Gasteiger charge is 2.44. The highest BCUT2D eigenvalue weighted by molar-refractivity contribution is 5.78. The summed E-state index contributed by atoms with van der Waals surface area (Å²) in [6.45, 7) is 5.15. The lowest BCUT2D eigenvalue weighted by Gasteiger charge is -2.36. The van der Waals surface area contributed by atoms with Crippen molar-refractivity contribution in [3.8, 4) is 0 Å². The van der Waals surface area contributed by atoms with E-state index >= 15 is 0 Å². The predicted molar refractivity (Wildman–Crippen MR) is 64.4 cm³/mol. The fourth-order valence-corrected chi connectivity index (χ4v) is 2.81. The van der Waals surface area contributed by atoms with Gasteiger partial charge in [0, 0.05) is 26.1 Å². The molecule has 0 bridgehead atoms. The van der Waals surface area contributed by atoms with Crippen LogP contribution in [-0.2, 0) is 0 Å². The van der Waals surface area contributed by atoms with Crippen LogP contribution in [0.2, 0.25) is 0 Å². The van der Waals surface area contributed by atoms with Crippen LogP contribution in [0.1, 0.15) is 32.6 Å². The van der Waals surface area contributed by atoms with Gasteiger partial charge >= 0.3 is 0 Å². The summed E-state index contributed by atoms with van der Waals surface area (Å²) in [5, 5.41) is 17.1. The molecule has 0 aromatic carbocycles. The van der Waals surface area contributed by atoms with Crippen LogP contribution in [0.4, 0.5) is 0 Å². The SMILES string of the molecule is CC1CN(CC2(CC(=N)N)CC2)CCC1O. The summed E-state index contributed by atoms with van der Waals surface area (Å²) in [6.07, 6.45) is 3.93. The molecule has 1 aliphatic heterocycles. The minimum atomic E-state index is -0.126. The summed E-state index contributed by atoms with van der Waals surface area (Å²) >= 11 is 0. The van der Waals surface area contributed by atoms with Gasteiger partial charge in [0.05, 0.1) is 11.9 Å². The number of rotatable bonds is 4. The number of piperidine rings is 1. The van der Waals surface area contributed by atoms with Crippen molar-refractivity contribution in [3.05, 3.63) is 0 Å². The van der Waals surface area contributed by atoms with Crippen LogP contribution < -0.4 is 5.73 Å². The van der Waals surface area contributed by atoms with Gasteiger partial charge in [0.1, 0.15) is 0 Å². The zero-order valence-electron chi connectivity index (χ0n) is 10.1. The van der Waals surface area contributed by atoms with E-state index in [1.807, 2.05) is 0 Å². The highest BCUT2D eigenvalue weighted by atomic mass is 16.3. The first-order valence-electron chi connectivity index (χ1n) is 6.24. The first-order chi connectivity index (χ1) is 7.51. The number of nitrogens with zero attached hydrogens (tertiary/aromatic N) is 1. The van der Waals surface area contributed by atoms with E-state index in [1.165, 1.54) is 12.8 Å². The third-order valence-electron chi connectivity index (χ3n) is 4.03. The molecule has 92 valence electrons. The number of hydrogen-bond donors (Lipinski definition) is 3. The molecule has 2 unspecified atom stereocenters. The standard InChI is InChI=1S/C12H23N3O/c1-9-7-15(5-2-10(9)16)8-12(3-4-12)6-11(13)14/h9-10,16H,2-8H2,1H3,(H3,13,14).